The van der Waals surface area contributed by atoms with E-state index < -0.39 is 10.1 Å². The summed E-state index contributed by atoms with van der Waals surface area (Å²) >= 11 is 5.92. The molecule has 0 spiro atoms. The highest BCUT2D eigenvalue weighted by atomic mass is 32.2. The van der Waals surface area contributed by atoms with Crippen molar-refractivity contribution < 1.29 is 17.5 Å². The fraction of sp³-hybridized carbons (Fsp3) is 0.273. The molecule has 262 valence electrons. The van der Waals surface area contributed by atoms with Crippen molar-refractivity contribution in [2.75, 3.05) is 19.0 Å². The number of fused-ring (bicyclic) bond motifs is 2. The van der Waals surface area contributed by atoms with E-state index in [2.05, 4.69) is 142 Å². The van der Waals surface area contributed by atoms with Crippen LogP contribution in [0.1, 0.15) is 63.6 Å². The molecule has 5 nitrogen and oxygen atoms in total. The summed E-state index contributed by atoms with van der Waals surface area (Å²) in [5, 5.41) is 0. The van der Waals surface area contributed by atoms with Crippen molar-refractivity contribution in [3.8, 4) is 0 Å². The van der Waals surface area contributed by atoms with Crippen LogP contribution in [0.4, 0.5) is 11.4 Å². The Hall–Kier alpha value is -4.43. The second-order valence-corrected chi connectivity index (χ2v) is 16.5. The number of thiocarbonyl (C=S) groups is 1. The Kier molecular flexibility index (Phi) is 9.94. The van der Waals surface area contributed by atoms with Crippen molar-refractivity contribution >= 4 is 44.3 Å². The van der Waals surface area contributed by atoms with Gasteiger partial charge in [-0.3, -0.25) is 0 Å². The maximum Gasteiger partial charge on any atom is 0.209 e. The number of para-hydroxylation sites is 2. The van der Waals surface area contributed by atoms with Gasteiger partial charge in [-0.25, -0.2) is 8.42 Å². The Morgan fingerprint density at radius 3 is 2.18 bits per heavy atom. The predicted molar refractivity (Wildman–Crippen MR) is 213 cm³/mol. The number of rotatable bonds is 5. The number of aryl methyl sites for hydroxylation is 1. The topological polar surface area (TPSA) is 63.5 Å². The lowest BCUT2D eigenvalue weighted by Crippen LogP contribution is -2.26. The largest absolute Gasteiger partial charge is 0.744 e. The van der Waals surface area contributed by atoms with Crippen LogP contribution in [0.5, 0.6) is 0 Å². The third-order valence-electron chi connectivity index (χ3n) is 10.7. The molecule has 3 aromatic rings. The maximum absolute atomic E-state index is 10.4. The summed E-state index contributed by atoms with van der Waals surface area (Å²) in [5.74, 6) is 0. The summed E-state index contributed by atoms with van der Waals surface area (Å²) in [6.45, 7) is 11.1. The van der Waals surface area contributed by atoms with Gasteiger partial charge in [0.1, 0.15) is 17.2 Å². The van der Waals surface area contributed by atoms with Crippen LogP contribution in [0.2, 0.25) is 0 Å². The summed E-state index contributed by atoms with van der Waals surface area (Å²) in [6.07, 6.45) is 18.9. The maximum atomic E-state index is 10.4. The van der Waals surface area contributed by atoms with E-state index in [-0.39, 0.29) is 15.7 Å². The van der Waals surface area contributed by atoms with Gasteiger partial charge in [-0.1, -0.05) is 111 Å². The molecule has 0 atom stereocenters. The highest BCUT2D eigenvalue weighted by Gasteiger charge is 2.43. The van der Waals surface area contributed by atoms with Gasteiger partial charge in [0.15, 0.2) is 5.71 Å². The molecule has 0 N–H and O–H groups in total. The van der Waals surface area contributed by atoms with Crippen LogP contribution in [0, 0.1) is 6.92 Å². The first-order valence-corrected chi connectivity index (χ1v) is 19.2. The Balaban J connectivity index is 0.000000349. The summed E-state index contributed by atoms with van der Waals surface area (Å²) in [7, 11) is 0.112. The first kappa shape index (κ1) is 36.4. The summed E-state index contributed by atoms with van der Waals surface area (Å²) in [6, 6.07) is 23.3. The van der Waals surface area contributed by atoms with E-state index in [9.17, 15) is 13.0 Å². The zero-order valence-electron chi connectivity index (χ0n) is 30.5. The molecule has 0 radical (unpaired) electrons. The highest BCUT2D eigenvalue weighted by molar-refractivity contribution is 7.85. The highest BCUT2D eigenvalue weighted by Crippen LogP contribution is 2.47. The van der Waals surface area contributed by atoms with Crippen molar-refractivity contribution in [2.45, 2.75) is 69.6 Å². The molecule has 7 rings (SSSR count). The van der Waals surface area contributed by atoms with Gasteiger partial charge in [0.25, 0.3) is 0 Å². The molecule has 0 aromatic heterocycles. The second-order valence-electron chi connectivity index (χ2n) is 14.7. The average Bonchev–Trinajstić information content (AvgIpc) is 3.65. The quantitative estimate of drug-likeness (QED) is 0.150. The number of nitrogens with zero attached hydrogens (tertiary/aromatic N) is 2. The number of hydrogen-bond acceptors (Lipinski definition) is 5. The number of hydrogen-bond donors (Lipinski definition) is 0. The van der Waals surface area contributed by atoms with Crippen molar-refractivity contribution in [1.82, 2.24) is 0 Å². The minimum atomic E-state index is -4.27. The van der Waals surface area contributed by atoms with Crippen LogP contribution in [0.15, 0.2) is 148 Å². The van der Waals surface area contributed by atoms with E-state index in [4.69, 9.17) is 12.2 Å². The number of likely N-dealkylation sites (N-methyl/N-ethyl adjacent to an activating group) is 1. The Morgan fingerprint density at radius 2 is 1.53 bits per heavy atom. The van der Waals surface area contributed by atoms with Crippen molar-refractivity contribution in [2.24, 2.45) is 0 Å². The molecule has 3 aromatic carbocycles. The van der Waals surface area contributed by atoms with Gasteiger partial charge in [0, 0.05) is 52.8 Å². The van der Waals surface area contributed by atoms with E-state index >= 15 is 0 Å². The molecule has 2 aliphatic heterocycles. The van der Waals surface area contributed by atoms with Gasteiger partial charge in [0.05, 0.1) is 10.3 Å². The zero-order chi connectivity index (χ0) is 36.7. The molecule has 0 bridgehead atoms. The molecule has 51 heavy (non-hydrogen) atoms. The summed E-state index contributed by atoms with van der Waals surface area (Å²) in [5.41, 5.74) is 14.2. The molecular weight excluding hydrogens is 669 g/mol. The second kappa shape index (κ2) is 13.9. The van der Waals surface area contributed by atoms with Gasteiger partial charge in [0.2, 0.25) is 5.69 Å². The lowest BCUT2D eigenvalue weighted by molar-refractivity contribution is -0.401. The van der Waals surface area contributed by atoms with E-state index in [0.717, 1.165) is 29.7 Å². The van der Waals surface area contributed by atoms with Crippen LogP contribution < -0.4 is 4.90 Å². The Bertz CT molecular complexity index is 2240. The summed E-state index contributed by atoms with van der Waals surface area (Å²) < 4.78 is 33.5. The summed E-state index contributed by atoms with van der Waals surface area (Å²) in [4.78, 5) is 3.21. The van der Waals surface area contributed by atoms with E-state index in [1.807, 2.05) is 6.92 Å². The normalized spacial score (nSPS) is 20.7. The third-order valence-corrected chi connectivity index (χ3v) is 11.9. The lowest BCUT2D eigenvalue weighted by atomic mass is 9.81. The number of allylic oxidation sites excluding steroid dienone is 12. The standard InChI is InChI=1S/C37H39N2S.C7H8O3S/c1-36(2)28-14-8-10-16-30(28)38(5)33(36)23-21-25-19-20-26(35(25)27-13-7-12-18-32(27)40)22-24-34-37(3,4)29-15-9-11-17-31(29)39(34)6;1-6-2-4-7(5-3-6)11(8,9)10/h7-17,21-24H,18-20H2,1-6H3;2-5H,1H3,(H,8,9,10)/q+1;/p-1. The van der Waals surface area contributed by atoms with Gasteiger partial charge < -0.3 is 9.45 Å². The van der Waals surface area contributed by atoms with Crippen LogP contribution in [-0.2, 0) is 20.9 Å². The molecule has 0 fully saturated rings. The molecular formula is C44H46N2O3S2. The zero-order valence-corrected chi connectivity index (χ0v) is 32.2. The first-order valence-electron chi connectivity index (χ1n) is 17.4. The molecule has 2 heterocycles. The van der Waals surface area contributed by atoms with Crippen LogP contribution in [-0.4, -0.2) is 42.2 Å². The third kappa shape index (κ3) is 6.95. The van der Waals surface area contributed by atoms with Gasteiger partial charge in [-0.05, 0) is 85.7 Å². The van der Waals surface area contributed by atoms with Crippen LogP contribution in [0.25, 0.3) is 0 Å². The SMILES string of the molecule is CN1C(=CC=C2CCC(C=CC3=[N+](C)c4ccccc4C3(C)C)=C2C2=CC=CCC2=S)C(C)(C)c2ccccc21.Cc1ccc(S(=O)(=O)[O-])cc1. The first-order chi connectivity index (χ1) is 24.1. The smallest absolute Gasteiger partial charge is 0.209 e. The van der Waals surface area contributed by atoms with Crippen molar-refractivity contribution in [1.29, 1.82) is 0 Å². The number of anilines is 1. The molecule has 0 unspecified atom stereocenters. The van der Waals surface area contributed by atoms with Gasteiger partial charge in [-0.15, -0.1) is 0 Å². The monoisotopic (exact) mass is 714 g/mol. The fourth-order valence-electron chi connectivity index (χ4n) is 7.84. The van der Waals surface area contributed by atoms with Crippen molar-refractivity contribution in [3.05, 3.63) is 160 Å². The molecule has 0 saturated carbocycles. The van der Waals surface area contributed by atoms with Crippen LogP contribution >= 0.6 is 12.2 Å². The molecule has 7 heteroatoms. The lowest BCUT2D eigenvalue weighted by Gasteiger charge is -2.24. The Labute approximate surface area is 309 Å². The minimum Gasteiger partial charge on any atom is -0.744 e. The van der Waals surface area contributed by atoms with E-state index in [0.29, 0.717) is 0 Å². The molecule has 0 saturated heterocycles. The molecule has 0 amide bonds. The minimum absolute atomic E-state index is 0.0416. The predicted octanol–water partition coefficient (Wildman–Crippen LogP) is 9.73. The fourth-order valence-corrected chi connectivity index (χ4v) is 8.57. The van der Waals surface area contributed by atoms with Crippen LogP contribution in [0.3, 0.4) is 0 Å². The van der Waals surface area contributed by atoms with Gasteiger partial charge in [-0.2, -0.15) is 4.58 Å². The number of benzene rings is 3. The molecule has 4 aliphatic rings. The molecule has 2 aliphatic carbocycles. The Morgan fingerprint density at radius 1 is 0.863 bits per heavy atom. The van der Waals surface area contributed by atoms with Gasteiger partial charge >= 0.3 is 0 Å². The van der Waals surface area contributed by atoms with E-state index in [1.54, 1.807) is 12.1 Å². The van der Waals surface area contributed by atoms with Crippen molar-refractivity contribution in [3.63, 3.8) is 0 Å². The average molecular weight is 715 g/mol. The van der Waals surface area contributed by atoms with E-state index in [1.165, 1.54) is 68.3 Å².